The summed E-state index contributed by atoms with van der Waals surface area (Å²) in [6.45, 7) is 8.81. The number of morpholine rings is 1. The van der Waals surface area contributed by atoms with Gasteiger partial charge in [0, 0.05) is 44.1 Å². The van der Waals surface area contributed by atoms with Crippen LogP contribution in [0.1, 0.15) is 18.3 Å². The van der Waals surface area contributed by atoms with E-state index in [1.165, 1.54) is 5.69 Å². The second-order valence-corrected chi connectivity index (χ2v) is 5.59. The van der Waals surface area contributed by atoms with E-state index in [1.807, 2.05) is 20.0 Å². The van der Waals surface area contributed by atoms with Crippen LogP contribution in [0.3, 0.4) is 0 Å². The number of aryl methyl sites for hydroxylation is 1. The predicted octanol–water partition coefficient (Wildman–Crippen LogP) is 0.853. The van der Waals surface area contributed by atoms with Gasteiger partial charge in [0.25, 0.3) is 0 Å². The Balaban J connectivity index is 1.68. The number of ether oxygens (including phenoxy) is 1. The molecule has 1 aliphatic heterocycles. The van der Waals surface area contributed by atoms with Gasteiger partial charge in [-0.15, -0.1) is 0 Å². The lowest BCUT2D eigenvalue weighted by molar-refractivity contribution is 0.0209. The van der Waals surface area contributed by atoms with Crippen molar-refractivity contribution in [3.63, 3.8) is 0 Å². The van der Waals surface area contributed by atoms with Crippen LogP contribution in [0, 0.1) is 6.92 Å². The van der Waals surface area contributed by atoms with Crippen LogP contribution >= 0.6 is 0 Å². The molecule has 6 nitrogen and oxygen atoms in total. The van der Waals surface area contributed by atoms with Crippen molar-refractivity contribution in [1.29, 1.82) is 0 Å². The lowest BCUT2D eigenvalue weighted by Gasteiger charge is -2.32. The van der Waals surface area contributed by atoms with Gasteiger partial charge in [-0.1, -0.05) is 0 Å². The predicted molar refractivity (Wildman–Crippen MR) is 82.2 cm³/mol. The highest BCUT2D eigenvalue weighted by molar-refractivity contribution is 5.73. The Bertz CT molecular complexity index is 466. The van der Waals surface area contributed by atoms with Gasteiger partial charge in [-0.3, -0.25) is 4.90 Å². The fourth-order valence-electron chi connectivity index (χ4n) is 2.47. The topological polar surface area (TPSA) is 58.5 Å². The Morgan fingerprint density at radius 1 is 1.33 bits per heavy atom. The number of nitrogens with one attached hydrogen (secondary N) is 2. The van der Waals surface area contributed by atoms with Gasteiger partial charge in [-0.05, 0) is 26.0 Å². The largest absolute Gasteiger partial charge is 0.379 e. The van der Waals surface area contributed by atoms with E-state index in [9.17, 15) is 4.79 Å². The minimum atomic E-state index is -0.117. The fourth-order valence-corrected chi connectivity index (χ4v) is 2.47. The van der Waals surface area contributed by atoms with Crippen molar-refractivity contribution < 1.29 is 9.53 Å². The van der Waals surface area contributed by atoms with Gasteiger partial charge in [0.1, 0.15) is 0 Å². The molecule has 0 unspecified atom stereocenters. The van der Waals surface area contributed by atoms with E-state index in [0.29, 0.717) is 19.1 Å². The number of carbonyl (C=O) groups is 1. The van der Waals surface area contributed by atoms with Crippen LogP contribution in [0.25, 0.3) is 0 Å². The maximum absolute atomic E-state index is 11.8. The highest BCUT2D eigenvalue weighted by atomic mass is 16.5. The minimum Gasteiger partial charge on any atom is -0.379 e. The number of hydrogen-bond donors (Lipinski definition) is 2. The Labute approximate surface area is 126 Å². The molecular weight excluding hydrogens is 268 g/mol. The first kappa shape index (κ1) is 15.9. The zero-order valence-electron chi connectivity index (χ0n) is 13.2. The van der Waals surface area contributed by atoms with E-state index in [4.69, 9.17) is 4.74 Å². The SMILES string of the molecule is Cc1ccc(CNC(=O)NC[C@H](C)N2CCOCC2)n1C. The second-order valence-electron chi connectivity index (χ2n) is 5.59. The number of hydrogen-bond acceptors (Lipinski definition) is 3. The van der Waals surface area contributed by atoms with Crippen LogP contribution in [0.4, 0.5) is 4.79 Å². The number of carbonyl (C=O) groups excluding carboxylic acids is 1. The van der Waals surface area contributed by atoms with Crippen LogP contribution < -0.4 is 10.6 Å². The van der Waals surface area contributed by atoms with Gasteiger partial charge >= 0.3 is 6.03 Å². The third-order valence-corrected chi connectivity index (χ3v) is 4.13. The van der Waals surface area contributed by atoms with Crippen molar-refractivity contribution in [2.45, 2.75) is 26.4 Å². The molecule has 1 aliphatic rings. The number of amides is 2. The van der Waals surface area contributed by atoms with Crippen LogP contribution in [0.15, 0.2) is 12.1 Å². The van der Waals surface area contributed by atoms with E-state index >= 15 is 0 Å². The monoisotopic (exact) mass is 294 g/mol. The molecule has 118 valence electrons. The van der Waals surface area contributed by atoms with Gasteiger partial charge in [0.15, 0.2) is 0 Å². The van der Waals surface area contributed by atoms with Crippen molar-refractivity contribution in [1.82, 2.24) is 20.1 Å². The van der Waals surface area contributed by atoms with E-state index in [0.717, 1.165) is 32.0 Å². The summed E-state index contributed by atoms with van der Waals surface area (Å²) < 4.78 is 7.41. The summed E-state index contributed by atoms with van der Waals surface area (Å²) in [5.41, 5.74) is 2.29. The zero-order valence-corrected chi connectivity index (χ0v) is 13.2. The molecule has 0 spiro atoms. The lowest BCUT2D eigenvalue weighted by Crippen LogP contribution is -2.48. The van der Waals surface area contributed by atoms with Crippen LogP contribution in [0.2, 0.25) is 0 Å². The number of aromatic nitrogens is 1. The molecule has 1 aromatic rings. The third kappa shape index (κ3) is 4.47. The number of urea groups is 1. The van der Waals surface area contributed by atoms with E-state index in [2.05, 4.69) is 33.1 Å². The molecule has 0 radical (unpaired) electrons. The Morgan fingerprint density at radius 2 is 2.05 bits per heavy atom. The van der Waals surface area contributed by atoms with Crippen LogP contribution in [-0.4, -0.2) is 54.4 Å². The quantitative estimate of drug-likeness (QED) is 0.846. The Kier molecular flexibility index (Phi) is 5.64. The molecule has 2 heterocycles. The molecule has 1 atom stereocenters. The highest BCUT2D eigenvalue weighted by Gasteiger charge is 2.17. The first-order chi connectivity index (χ1) is 10.1. The smallest absolute Gasteiger partial charge is 0.315 e. The van der Waals surface area contributed by atoms with E-state index < -0.39 is 0 Å². The third-order valence-electron chi connectivity index (χ3n) is 4.13. The molecule has 0 saturated carbocycles. The maximum atomic E-state index is 11.8. The molecule has 0 aliphatic carbocycles. The van der Waals surface area contributed by atoms with Crippen LogP contribution in [-0.2, 0) is 18.3 Å². The summed E-state index contributed by atoms with van der Waals surface area (Å²) in [4.78, 5) is 14.2. The van der Waals surface area contributed by atoms with E-state index in [1.54, 1.807) is 0 Å². The van der Waals surface area contributed by atoms with Gasteiger partial charge in [0.05, 0.1) is 19.8 Å². The second kappa shape index (κ2) is 7.47. The van der Waals surface area contributed by atoms with Gasteiger partial charge in [-0.25, -0.2) is 4.79 Å². The molecule has 21 heavy (non-hydrogen) atoms. The highest BCUT2D eigenvalue weighted by Crippen LogP contribution is 2.05. The average molecular weight is 294 g/mol. The molecule has 2 rings (SSSR count). The van der Waals surface area contributed by atoms with Gasteiger partial charge < -0.3 is 19.9 Å². The number of rotatable bonds is 5. The lowest BCUT2D eigenvalue weighted by atomic mass is 10.2. The standard InChI is InChI=1S/C15H26N4O2/c1-12-4-5-14(18(12)3)11-17-15(20)16-10-13(2)19-6-8-21-9-7-19/h4-5,13H,6-11H2,1-3H3,(H2,16,17,20)/t13-/m0/s1. The van der Waals surface area contributed by atoms with Crippen molar-refractivity contribution in [3.8, 4) is 0 Å². The first-order valence-corrected chi connectivity index (χ1v) is 7.52. The molecule has 2 N–H and O–H groups in total. The fraction of sp³-hybridized carbons (Fsp3) is 0.667. The zero-order chi connectivity index (χ0) is 15.2. The summed E-state index contributed by atoms with van der Waals surface area (Å²) in [7, 11) is 2.00. The molecule has 1 saturated heterocycles. The molecule has 1 aromatic heterocycles. The summed E-state index contributed by atoms with van der Waals surface area (Å²) in [5.74, 6) is 0. The molecule has 1 fully saturated rings. The number of nitrogens with zero attached hydrogens (tertiary/aromatic N) is 2. The maximum Gasteiger partial charge on any atom is 0.315 e. The van der Waals surface area contributed by atoms with Crippen molar-refractivity contribution in [2.24, 2.45) is 7.05 Å². The summed E-state index contributed by atoms with van der Waals surface area (Å²) in [6, 6.07) is 4.30. The van der Waals surface area contributed by atoms with Gasteiger partial charge in [0.2, 0.25) is 0 Å². The molecule has 0 bridgehead atoms. The first-order valence-electron chi connectivity index (χ1n) is 7.52. The van der Waals surface area contributed by atoms with Crippen LogP contribution in [0.5, 0.6) is 0 Å². The molecule has 6 heteroatoms. The Morgan fingerprint density at radius 3 is 2.67 bits per heavy atom. The summed E-state index contributed by atoms with van der Waals surface area (Å²) in [5, 5.41) is 5.83. The molecular formula is C15H26N4O2. The van der Waals surface area contributed by atoms with Crippen molar-refractivity contribution >= 4 is 6.03 Å². The van der Waals surface area contributed by atoms with Crippen molar-refractivity contribution in [2.75, 3.05) is 32.8 Å². The Hall–Kier alpha value is -1.53. The molecule has 2 amide bonds. The minimum absolute atomic E-state index is 0.117. The van der Waals surface area contributed by atoms with E-state index in [-0.39, 0.29) is 6.03 Å². The normalized spacial score (nSPS) is 17.5. The van der Waals surface area contributed by atoms with Crippen molar-refractivity contribution in [3.05, 3.63) is 23.5 Å². The summed E-state index contributed by atoms with van der Waals surface area (Å²) in [6.07, 6.45) is 0. The van der Waals surface area contributed by atoms with Gasteiger partial charge in [-0.2, -0.15) is 0 Å². The summed E-state index contributed by atoms with van der Waals surface area (Å²) >= 11 is 0. The average Bonchev–Trinajstić information content (AvgIpc) is 2.83. The molecule has 0 aromatic carbocycles.